The normalized spacial score (nSPS) is 18.4. The van der Waals surface area contributed by atoms with Crippen LogP contribution in [0.15, 0.2) is 57.1 Å². The second-order valence-electron chi connectivity index (χ2n) is 7.67. The number of thiophene rings is 1. The highest BCUT2D eigenvalue weighted by molar-refractivity contribution is 7.91. The van der Waals surface area contributed by atoms with Gasteiger partial charge in [-0.2, -0.15) is 9.30 Å². The molecule has 3 aromatic rings. The zero-order chi connectivity index (χ0) is 24.7. The topological polar surface area (TPSA) is 132 Å². The van der Waals surface area contributed by atoms with E-state index in [1.54, 1.807) is 16.7 Å². The molecule has 2 aromatic heterocycles. The van der Waals surface area contributed by atoms with Gasteiger partial charge < -0.3 is 4.57 Å². The molecule has 0 radical (unpaired) electrons. The summed E-state index contributed by atoms with van der Waals surface area (Å²) in [5.41, 5.74) is 0.686. The number of hydrogen-bond acceptors (Lipinski definition) is 7. The van der Waals surface area contributed by atoms with Gasteiger partial charge in [0.25, 0.3) is 15.9 Å². The van der Waals surface area contributed by atoms with Crippen molar-refractivity contribution in [3.8, 4) is 0 Å². The summed E-state index contributed by atoms with van der Waals surface area (Å²) >= 11 is 8.03. The fourth-order valence-corrected chi connectivity index (χ4v) is 8.59. The highest BCUT2D eigenvalue weighted by Crippen LogP contribution is 2.31. The van der Waals surface area contributed by atoms with E-state index in [-0.39, 0.29) is 15.6 Å². The molecule has 0 spiro atoms. The summed E-state index contributed by atoms with van der Waals surface area (Å²) in [7, 11) is -7.63. The number of sulfonamides is 2. The smallest absolute Gasteiger partial charge is 0.252 e. The van der Waals surface area contributed by atoms with Gasteiger partial charge in [0.2, 0.25) is 10.0 Å². The average molecular weight is 561 g/mol. The van der Waals surface area contributed by atoms with Gasteiger partial charge >= 0.3 is 0 Å². The van der Waals surface area contributed by atoms with Crippen molar-refractivity contribution in [2.75, 3.05) is 13.1 Å². The van der Waals surface area contributed by atoms with Gasteiger partial charge in [-0.3, -0.25) is 4.79 Å². The van der Waals surface area contributed by atoms with Crippen molar-refractivity contribution in [2.45, 2.75) is 28.5 Å². The highest BCUT2D eigenvalue weighted by atomic mass is 35.5. The molecule has 14 heteroatoms. The second-order valence-corrected chi connectivity index (χ2v) is 14.1. The van der Waals surface area contributed by atoms with E-state index in [0.29, 0.717) is 45.3 Å². The molecule has 4 rings (SSSR count). The zero-order valence-electron chi connectivity index (χ0n) is 17.8. The molecule has 34 heavy (non-hydrogen) atoms. The molecule has 182 valence electrons. The van der Waals surface area contributed by atoms with Gasteiger partial charge in [-0.1, -0.05) is 29.0 Å². The number of fused-ring (bicyclic) bond motifs is 1. The zero-order valence-corrected chi connectivity index (χ0v) is 21.8. The van der Waals surface area contributed by atoms with E-state index < -0.39 is 31.9 Å². The Bertz CT molecular complexity index is 1550. The fourth-order valence-electron chi connectivity index (χ4n) is 3.73. The molecule has 3 heterocycles. The van der Waals surface area contributed by atoms with E-state index in [0.717, 1.165) is 22.7 Å². The molecule has 1 amide bonds. The van der Waals surface area contributed by atoms with Gasteiger partial charge in [0, 0.05) is 19.6 Å². The molecule has 0 bridgehead atoms. The Hall–Kier alpha value is -1.87. The first kappa shape index (κ1) is 25.2. The van der Waals surface area contributed by atoms with Crippen LogP contribution < -0.4 is 9.94 Å². The molecule has 1 saturated heterocycles. The summed E-state index contributed by atoms with van der Waals surface area (Å²) in [6, 6.07) is 7.45. The number of amides is 1. The summed E-state index contributed by atoms with van der Waals surface area (Å²) in [4.78, 5) is 17.7. The Labute approximate surface area is 209 Å². The van der Waals surface area contributed by atoms with Crippen LogP contribution in [0.1, 0.15) is 12.8 Å². The number of rotatable bonds is 6. The molecule has 1 aliphatic rings. The number of carbonyl (C=O) groups is 1. The lowest BCUT2D eigenvalue weighted by Gasteiger charge is -2.29. The van der Waals surface area contributed by atoms with E-state index in [1.807, 2.05) is 0 Å². The minimum atomic E-state index is -3.88. The van der Waals surface area contributed by atoms with E-state index >= 15 is 0 Å². The second kappa shape index (κ2) is 9.64. The molecule has 9 nitrogen and oxygen atoms in total. The van der Waals surface area contributed by atoms with Crippen molar-refractivity contribution in [3.05, 3.63) is 52.1 Å². The molecule has 1 atom stereocenters. The summed E-state index contributed by atoms with van der Waals surface area (Å²) in [5, 5.41) is 5.24. The number of nitrogens with two attached hydrogens (primary N) is 1. The average Bonchev–Trinajstić information content (AvgIpc) is 3.37. The van der Waals surface area contributed by atoms with Gasteiger partial charge in [-0.25, -0.2) is 22.0 Å². The third-order valence-corrected chi connectivity index (χ3v) is 10.9. The van der Waals surface area contributed by atoms with Crippen LogP contribution in [-0.4, -0.2) is 44.7 Å². The van der Waals surface area contributed by atoms with Crippen LogP contribution in [0.25, 0.3) is 10.2 Å². The van der Waals surface area contributed by atoms with Crippen LogP contribution in [-0.2, 0) is 31.4 Å². The van der Waals surface area contributed by atoms with Gasteiger partial charge in [0.1, 0.15) is 4.21 Å². The van der Waals surface area contributed by atoms with Crippen LogP contribution in [0.2, 0.25) is 4.34 Å². The summed E-state index contributed by atoms with van der Waals surface area (Å²) < 4.78 is 53.5. The SMILES string of the molecule is C=CCn1c(=NC(=O)C2CCCN(S(=O)(=O)c3ccc(Cl)s3)C2)sc2cc(S(N)(=O)=O)ccc21. The number of thiazole rings is 1. The van der Waals surface area contributed by atoms with E-state index in [4.69, 9.17) is 16.7 Å². The third kappa shape index (κ3) is 5.05. The van der Waals surface area contributed by atoms with Gasteiger partial charge in [-0.05, 0) is 43.2 Å². The number of carbonyl (C=O) groups excluding carboxylic acids is 1. The largest absolute Gasteiger partial charge is 0.313 e. The van der Waals surface area contributed by atoms with Crippen molar-refractivity contribution >= 4 is 70.4 Å². The number of primary sulfonamides is 1. The molecular weight excluding hydrogens is 540 g/mol. The summed E-state index contributed by atoms with van der Waals surface area (Å²) in [5.74, 6) is -1.03. The minimum Gasteiger partial charge on any atom is -0.313 e. The number of halogens is 1. The molecule has 1 fully saturated rings. The molecule has 2 N–H and O–H groups in total. The lowest BCUT2D eigenvalue weighted by molar-refractivity contribution is -0.122. The van der Waals surface area contributed by atoms with E-state index in [1.165, 1.54) is 28.6 Å². The molecule has 1 aliphatic heterocycles. The fraction of sp³-hybridized carbons (Fsp3) is 0.300. The van der Waals surface area contributed by atoms with E-state index in [9.17, 15) is 21.6 Å². The summed E-state index contributed by atoms with van der Waals surface area (Å²) in [6.07, 6.45) is 2.69. The Balaban J connectivity index is 1.67. The van der Waals surface area contributed by atoms with Gasteiger partial charge in [-0.15, -0.1) is 17.9 Å². The van der Waals surface area contributed by atoms with Crippen LogP contribution in [0.5, 0.6) is 0 Å². The molecule has 0 aliphatic carbocycles. The van der Waals surface area contributed by atoms with Crippen LogP contribution in [0.4, 0.5) is 0 Å². The van der Waals surface area contributed by atoms with Gasteiger partial charge in [0.05, 0.1) is 25.4 Å². The van der Waals surface area contributed by atoms with E-state index in [2.05, 4.69) is 11.6 Å². The van der Waals surface area contributed by atoms with Crippen molar-refractivity contribution in [3.63, 3.8) is 0 Å². The maximum absolute atomic E-state index is 13.1. The van der Waals surface area contributed by atoms with Gasteiger partial charge in [0.15, 0.2) is 4.80 Å². The Morgan fingerprint density at radius 2 is 2.00 bits per heavy atom. The van der Waals surface area contributed by atoms with Crippen molar-refractivity contribution in [1.29, 1.82) is 0 Å². The van der Waals surface area contributed by atoms with Crippen molar-refractivity contribution < 1.29 is 21.6 Å². The first-order valence-electron chi connectivity index (χ1n) is 10.1. The Morgan fingerprint density at radius 1 is 1.24 bits per heavy atom. The van der Waals surface area contributed by atoms with Crippen LogP contribution in [0.3, 0.4) is 0 Å². The lowest BCUT2D eigenvalue weighted by atomic mass is 9.99. The standard InChI is InChI=1S/C20H21ClN4O5S4/c1-2-9-25-15-6-5-14(33(22,27)28)11-16(15)31-20(25)23-19(26)13-4-3-10-24(12-13)34(29,30)18-8-7-17(21)32-18/h2,5-8,11,13H,1,3-4,9-10,12H2,(H2,22,27,28). The van der Waals surface area contributed by atoms with Crippen molar-refractivity contribution in [2.24, 2.45) is 16.0 Å². The number of piperidine rings is 1. The first-order valence-corrected chi connectivity index (χ1v) is 15.1. The maximum Gasteiger partial charge on any atom is 0.252 e. The predicted molar refractivity (Wildman–Crippen MR) is 133 cm³/mol. The number of benzene rings is 1. The van der Waals surface area contributed by atoms with Crippen LogP contribution in [0, 0.1) is 5.92 Å². The molecule has 1 aromatic carbocycles. The molecule has 1 unspecified atom stereocenters. The Kier molecular flexibility index (Phi) is 7.16. The predicted octanol–water partition coefficient (Wildman–Crippen LogP) is 2.78. The quantitative estimate of drug-likeness (QED) is 0.463. The maximum atomic E-state index is 13.1. The molecule has 0 saturated carbocycles. The minimum absolute atomic E-state index is 0.0299. The number of hydrogen-bond donors (Lipinski definition) is 1. The monoisotopic (exact) mass is 560 g/mol. The van der Waals surface area contributed by atoms with Crippen molar-refractivity contribution in [1.82, 2.24) is 8.87 Å². The third-order valence-electron chi connectivity index (χ3n) is 5.38. The van der Waals surface area contributed by atoms with Crippen LogP contribution >= 0.6 is 34.3 Å². The Morgan fingerprint density at radius 3 is 2.65 bits per heavy atom. The summed E-state index contributed by atoms with van der Waals surface area (Å²) in [6.45, 7) is 4.44. The molecular formula is C20H21ClN4O5S4. The lowest BCUT2D eigenvalue weighted by Crippen LogP contribution is -2.42. The number of nitrogens with zero attached hydrogens (tertiary/aromatic N) is 3. The number of aromatic nitrogens is 1. The number of allylic oxidation sites excluding steroid dienone is 1. The first-order chi connectivity index (χ1) is 16.0. The highest BCUT2D eigenvalue weighted by Gasteiger charge is 2.34.